The summed E-state index contributed by atoms with van der Waals surface area (Å²) in [4.78, 5) is 94.0. The summed E-state index contributed by atoms with van der Waals surface area (Å²) in [6, 6.07) is 7.73. The molecule has 302 valence electrons. The van der Waals surface area contributed by atoms with Crippen molar-refractivity contribution in [2.75, 3.05) is 0 Å². The summed E-state index contributed by atoms with van der Waals surface area (Å²) >= 11 is 0. The summed E-state index contributed by atoms with van der Waals surface area (Å²) in [5.41, 5.74) is -6.06. The number of benzene rings is 1. The normalized spacial score (nSPS) is 31.2. The van der Waals surface area contributed by atoms with E-state index in [0.717, 1.165) is 20.8 Å². The third-order valence-electron chi connectivity index (χ3n) is 9.79. The highest BCUT2D eigenvalue weighted by molar-refractivity contribution is 5.92. The van der Waals surface area contributed by atoms with E-state index in [9.17, 15) is 38.7 Å². The van der Waals surface area contributed by atoms with Crippen molar-refractivity contribution in [1.82, 2.24) is 0 Å². The Kier molecular flexibility index (Phi) is 14.0. The number of ether oxygens (including phenoxy) is 6. The Morgan fingerprint density at radius 3 is 1.82 bits per heavy atom. The minimum absolute atomic E-state index is 0.0504. The number of ketones is 1. The molecule has 0 radical (unpaired) electrons. The first-order chi connectivity index (χ1) is 25.4. The molecule has 0 amide bonds. The first kappa shape index (κ1) is 44.5. The van der Waals surface area contributed by atoms with Crippen molar-refractivity contribution in [3.63, 3.8) is 0 Å². The van der Waals surface area contributed by atoms with Crippen LogP contribution in [-0.2, 0) is 57.2 Å². The Labute approximate surface area is 321 Å². The molecule has 1 fully saturated rings. The molecule has 55 heavy (non-hydrogen) atoms. The molecule has 0 aliphatic heterocycles. The Hall–Kier alpha value is -4.85. The van der Waals surface area contributed by atoms with Gasteiger partial charge in [0.1, 0.15) is 17.3 Å². The molecule has 1 aromatic carbocycles. The van der Waals surface area contributed by atoms with Gasteiger partial charge in [0.2, 0.25) is 0 Å². The minimum atomic E-state index is -2.58. The molecule has 0 heterocycles. The maximum Gasteiger partial charge on any atom is 0.338 e. The average Bonchev–Trinajstić information content (AvgIpc) is 3.30. The van der Waals surface area contributed by atoms with Gasteiger partial charge in [-0.25, -0.2) is 4.79 Å². The van der Waals surface area contributed by atoms with E-state index < -0.39 is 119 Å². The fourth-order valence-electron chi connectivity index (χ4n) is 7.10. The van der Waals surface area contributed by atoms with Gasteiger partial charge in [0.15, 0.2) is 30.2 Å². The summed E-state index contributed by atoms with van der Waals surface area (Å²) in [6.45, 7) is 19.8. The number of esters is 6. The molecular formula is C41H54O14. The van der Waals surface area contributed by atoms with Crippen LogP contribution in [0.5, 0.6) is 0 Å². The average molecular weight is 771 g/mol. The highest BCUT2D eigenvalue weighted by Gasteiger charge is 2.69. The van der Waals surface area contributed by atoms with Gasteiger partial charge < -0.3 is 33.5 Å². The van der Waals surface area contributed by atoms with Crippen molar-refractivity contribution < 1.29 is 67.1 Å². The summed E-state index contributed by atoms with van der Waals surface area (Å²) in [5, 5.41) is 12.8. The second-order valence-corrected chi connectivity index (χ2v) is 15.8. The number of carbonyl (C=O) groups is 7. The van der Waals surface area contributed by atoms with Crippen LogP contribution >= 0.6 is 0 Å². The summed E-state index contributed by atoms with van der Waals surface area (Å²) in [7, 11) is 0. The van der Waals surface area contributed by atoms with Crippen LogP contribution in [0.3, 0.4) is 0 Å². The Balaban J connectivity index is 2.56. The zero-order chi connectivity index (χ0) is 41.8. The predicted molar refractivity (Wildman–Crippen MR) is 196 cm³/mol. The maximum absolute atomic E-state index is 14.7. The number of fused-ring (bicyclic) bond motifs is 1. The van der Waals surface area contributed by atoms with Gasteiger partial charge in [-0.3, -0.25) is 28.8 Å². The van der Waals surface area contributed by atoms with Crippen molar-refractivity contribution in [2.45, 2.75) is 124 Å². The molecule has 14 heteroatoms. The Bertz CT molecular complexity index is 1690. The van der Waals surface area contributed by atoms with E-state index in [1.165, 1.54) is 52.0 Å². The number of rotatable bonds is 9. The highest BCUT2D eigenvalue weighted by atomic mass is 16.6. The molecule has 3 rings (SSSR count). The van der Waals surface area contributed by atoms with Crippen molar-refractivity contribution in [3.05, 3.63) is 60.2 Å². The van der Waals surface area contributed by atoms with Crippen LogP contribution < -0.4 is 0 Å². The van der Waals surface area contributed by atoms with Crippen molar-refractivity contribution >= 4 is 41.6 Å². The zero-order valence-electron chi connectivity index (χ0n) is 33.4. The molecule has 0 saturated heterocycles. The quantitative estimate of drug-likeness (QED) is 0.207. The third-order valence-corrected chi connectivity index (χ3v) is 9.79. The molecule has 0 spiro atoms. The van der Waals surface area contributed by atoms with Gasteiger partial charge in [-0.1, -0.05) is 85.4 Å². The highest BCUT2D eigenvalue weighted by Crippen LogP contribution is 2.52. The van der Waals surface area contributed by atoms with Crippen molar-refractivity contribution in [3.8, 4) is 0 Å². The van der Waals surface area contributed by atoms with Crippen LogP contribution in [0.4, 0.5) is 0 Å². The topological polar surface area (TPSA) is 195 Å². The Morgan fingerprint density at radius 2 is 1.31 bits per heavy atom. The zero-order valence-corrected chi connectivity index (χ0v) is 33.4. The molecule has 1 aromatic rings. The van der Waals surface area contributed by atoms with E-state index in [1.54, 1.807) is 45.9 Å². The molecular weight excluding hydrogens is 716 g/mol. The molecule has 2 aliphatic carbocycles. The standard InChI is InChI=1S/C41H54O14/c1-21(2)36(46)52-30-24(6)31(53-38(48)28-16-14-13-15-17-28)32(50-25(7)42)35(51-26(8)43)39(10,11)19-18-23(5)33(45)41(49)20-40(12,55-27(9)44)34(29(30)41)54-37(47)22(3)4/h13-19,21-23,29-32,34-35,49H,6,20H2,1-5,7-12H3/b19-18+/t23-,29-,30-,31-,32+,34+,35+,40+,41+/m0/s1. The number of Topliss-reactive ketones (excluding diaryl/α,β-unsaturated/α-hetero) is 1. The predicted octanol–water partition coefficient (Wildman–Crippen LogP) is 4.64. The summed E-state index contributed by atoms with van der Waals surface area (Å²) in [6.07, 6.45) is -6.18. The van der Waals surface area contributed by atoms with Gasteiger partial charge in [0, 0.05) is 44.1 Å². The van der Waals surface area contributed by atoms with Gasteiger partial charge in [0.05, 0.1) is 23.3 Å². The molecule has 0 bridgehead atoms. The largest absolute Gasteiger partial charge is 0.458 e. The number of carbonyl (C=O) groups excluding carboxylic acids is 7. The van der Waals surface area contributed by atoms with Crippen LogP contribution in [0, 0.1) is 29.1 Å². The second-order valence-electron chi connectivity index (χ2n) is 15.8. The monoisotopic (exact) mass is 770 g/mol. The van der Waals surface area contributed by atoms with Gasteiger partial charge >= 0.3 is 35.8 Å². The first-order valence-electron chi connectivity index (χ1n) is 18.2. The van der Waals surface area contributed by atoms with E-state index in [1.807, 2.05) is 0 Å². The molecule has 0 aromatic heterocycles. The van der Waals surface area contributed by atoms with E-state index >= 15 is 0 Å². The van der Waals surface area contributed by atoms with Gasteiger partial charge in [-0.2, -0.15) is 0 Å². The fraction of sp³-hybridized carbons (Fsp3) is 0.585. The molecule has 1 N–H and O–H groups in total. The lowest BCUT2D eigenvalue weighted by Crippen LogP contribution is -2.58. The van der Waals surface area contributed by atoms with E-state index in [-0.39, 0.29) is 11.1 Å². The lowest BCUT2D eigenvalue weighted by Gasteiger charge is -2.44. The minimum Gasteiger partial charge on any atom is -0.458 e. The first-order valence-corrected chi connectivity index (χ1v) is 18.2. The van der Waals surface area contributed by atoms with E-state index in [0.29, 0.717) is 0 Å². The maximum atomic E-state index is 14.7. The fourth-order valence-corrected chi connectivity index (χ4v) is 7.10. The van der Waals surface area contributed by atoms with E-state index in [2.05, 4.69) is 6.58 Å². The van der Waals surface area contributed by atoms with Crippen LogP contribution in [-0.4, -0.2) is 88.4 Å². The SMILES string of the molecule is C=C1[C@H](OC(=O)c2ccccc2)[C@@H](OC(C)=O)[C@@H](OC(C)=O)C(C)(C)/C=C/[C@H](C)C(=O)[C@@]2(O)C[C@@](C)(OC(C)=O)[C@H](OC(=O)C(C)C)[C@@H]2[C@H]1OC(=O)C(C)C. The lowest BCUT2D eigenvalue weighted by molar-refractivity contribution is -0.192. The molecule has 2 aliphatic rings. The molecule has 14 nitrogen and oxygen atoms in total. The molecule has 1 saturated carbocycles. The van der Waals surface area contributed by atoms with Crippen LogP contribution in [0.2, 0.25) is 0 Å². The number of hydrogen-bond acceptors (Lipinski definition) is 14. The second kappa shape index (κ2) is 17.3. The van der Waals surface area contributed by atoms with Gasteiger partial charge in [0.25, 0.3) is 0 Å². The Morgan fingerprint density at radius 1 is 0.764 bits per heavy atom. The van der Waals surface area contributed by atoms with Gasteiger partial charge in [-0.05, 0) is 19.1 Å². The van der Waals surface area contributed by atoms with Crippen molar-refractivity contribution in [2.24, 2.45) is 29.1 Å². The summed E-state index contributed by atoms with van der Waals surface area (Å²) < 4.78 is 35.6. The number of hydrogen-bond donors (Lipinski definition) is 1. The number of aliphatic hydroxyl groups is 1. The lowest BCUT2D eigenvalue weighted by atomic mass is 9.72. The van der Waals surface area contributed by atoms with E-state index in [4.69, 9.17) is 28.4 Å². The third kappa shape index (κ3) is 10.1. The van der Waals surface area contributed by atoms with Crippen LogP contribution in [0.25, 0.3) is 0 Å². The molecule has 0 unspecified atom stereocenters. The number of allylic oxidation sites excluding steroid dienone is 1. The smallest absolute Gasteiger partial charge is 0.338 e. The van der Waals surface area contributed by atoms with Gasteiger partial charge in [-0.15, -0.1) is 0 Å². The summed E-state index contributed by atoms with van der Waals surface area (Å²) in [5.74, 6) is -10.4. The molecule has 9 atom stereocenters. The van der Waals surface area contributed by atoms with Crippen LogP contribution in [0.1, 0.15) is 92.9 Å². The van der Waals surface area contributed by atoms with Crippen molar-refractivity contribution in [1.29, 1.82) is 0 Å². The van der Waals surface area contributed by atoms with Crippen LogP contribution in [0.15, 0.2) is 54.6 Å².